The maximum Gasteiger partial charge on any atom is 0.0634 e. The van der Waals surface area contributed by atoms with Crippen LogP contribution in [0.1, 0.15) is 44.6 Å². The van der Waals surface area contributed by atoms with Crippen LogP contribution in [-0.2, 0) is 6.54 Å². The van der Waals surface area contributed by atoms with Crippen LogP contribution in [0.2, 0.25) is 5.02 Å². The fourth-order valence-corrected chi connectivity index (χ4v) is 3.04. The number of likely N-dealkylation sites (tertiary alicyclic amines) is 1. The molecule has 106 valence electrons. The predicted octanol–water partition coefficient (Wildman–Crippen LogP) is 3.25. The molecule has 1 saturated heterocycles. The third-order valence-corrected chi connectivity index (χ3v) is 4.18. The Balaban J connectivity index is 2.07. The average Bonchev–Trinajstić information content (AvgIpc) is 2.58. The quantitative estimate of drug-likeness (QED) is 0.921. The minimum absolute atomic E-state index is 0.237. The monoisotopic (exact) mass is 282 g/mol. The highest BCUT2D eigenvalue weighted by atomic mass is 35.5. The Morgan fingerprint density at radius 1 is 1.47 bits per heavy atom. The van der Waals surface area contributed by atoms with Crippen LogP contribution in [0.25, 0.3) is 0 Å². The lowest BCUT2D eigenvalue weighted by Gasteiger charge is -2.31. The van der Waals surface area contributed by atoms with Gasteiger partial charge in [-0.25, -0.2) is 0 Å². The van der Waals surface area contributed by atoms with E-state index in [0.717, 1.165) is 30.1 Å². The number of rotatable bonds is 4. The Hall–Kier alpha value is -0.640. The summed E-state index contributed by atoms with van der Waals surface area (Å²) in [5.41, 5.74) is 1.13. The van der Waals surface area contributed by atoms with Crippen molar-refractivity contribution in [3.05, 3.63) is 29.0 Å². The summed E-state index contributed by atoms with van der Waals surface area (Å²) in [6, 6.07) is 2.46. The van der Waals surface area contributed by atoms with Crippen molar-refractivity contribution in [1.82, 2.24) is 9.88 Å². The van der Waals surface area contributed by atoms with Gasteiger partial charge in [0.1, 0.15) is 0 Å². The van der Waals surface area contributed by atoms with Crippen LogP contribution in [0.4, 0.5) is 0 Å². The zero-order valence-electron chi connectivity index (χ0n) is 11.6. The van der Waals surface area contributed by atoms with Gasteiger partial charge in [0.2, 0.25) is 0 Å². The molecule has 0 spiro atoms. The van der Waals surface area contributed by atoms with E-state index in [-0.39, 0.29) is 6.10 Å². The van der Waals surface area contributed by atoms with Gasteiger partial charge in [0.15, 0.2) is 0 Å². The number of hydrogen-bond donors (Lipinski definition) is 1. The van der Waals surface area contributed by atoms with E-state index in [1.807, 2.05) is 13.0 Å². The van der Waals surface area contributed by atoms with E-state index in [1.54, 1.807) is 12.4 Å². The number of aliphatic hydroxyl groups is 1. The molecule has 1 fully saturated rings. The van der Waals surface area contributed by atoms with Gasteiger partial charge in [0.25, 0.3) is 0 Å². The van der Waals surface area contributed by atoms with E-state index in [9.17, 15) is 5.11 Å². The van der Waals surface area contributed by atoms with Crippen LogP contribution in [0.3, 0.4) is 0 Å². The summed E-state index contributed by atoms with van der Waals surface area (Å²) < 4.78 is 0. The van der Waals surface area contributed by atoms with Crippen LogP contribution < -0.4 is 0 Å². The fraction of sp³-hybridized carbons (Fsp3) is 0.667. The standard InChI is InChI=1S/C15H23ClN2O/c1-12(19)9-14-5-3-2-4-8-18(14)11-13-6-7-17-10-15(13)16/h6-7,10,12,14,19H,2-5,8-9,11H2,1H3. The third-order valence-electron chi connectivity index (χ3n) is 3.84. The molecule has 2 atom stereocenters. The molecule has 0 aliphatic carbocycles. The van der Waals surface area contributed by atoms with Crippen molar-refractivity contribution in [2.24, 2.45) is 0 Å². The van der Waals surface area contributed by atoms with Gasteiger partial charge < -0.3 is 5.11 Å². The zero-order chi connectivity index (χ0) is 13.7. The molecule has 1 N–H and O–H groups in total. The lowest BCUT2D eigenvalue weighted by atomic mass is 10.0. The van der Waals surface area contributed by atoms with E-state index in [2.05, 4.69) is 9.88 Å². The first-order valence-corrected chi connectivity index (χ1v) is 7.55. The molecule has 2 unspecified atom stereocenters. The number of halogens is 1. The van der Waals surface area contributed by atoms with Crippen molar-refractivity contribution < 1.29 is 5.11 Å². The van der Waals surface area contributed by atoms with Crippen LogP contribution in [0, 0.1) is 0 Å². The Morgan fingerprint density at radius 3 is 3.05 bits per heavy atom. The molecule has 2 rings (SSSR count). The number of aromatic nitrogens is 1. The summed E-state index contributed by atoms with van der Waals surface area (Å²) in [5, 5.41) is 10.4. The number of pyridine rings is 1. The first-order chi connectivity index (χ1) is 9.16. The summed E-state index contributed by atoms with van der Waals surface area (Å²) in [5.74, 6) is 0. The van der Waals surface area contributed by atoms with Crippen molar-refractivity contribution in [2.75, 3.05) is 6.54 Å². The van der Waals surface area contributed by atoms with Gasteiger partial charge >= 0.3 is 0 Å². The van der Waals surface area contributed by atoms with Crippen molar-refractivity contribution >= 4 is 11.6 Å². The van der Waals surface area contributed by atoms with Crippen molar-refractivity contribution in [2.45, 2.75) is 57.7 Å². The molecule has 0 radical (unpaired) electrons. The molecule has 3 nitrogen and oxygen atoms in total. The Morgan fingerprint density at radius 2 is 2.32 bits per heavy atom. The van der Waals surface area contributed by atoms with E-state index < -0.39 is 0 Å². The molecule has 0 saturated carbocycles. The van der Waals surface area contributed by atoms with Crippen LogP contribution in [-0.4, -0.2) is 33.7 Å². The lowest BCUT2D eigenvalue weighted by molar-refractivity contribution is 0.108. The van der Waals surface area contributed by atoms with E-state index in [4.69, 9.17) is 11.6 Å². The van der Waals surface area contributed by atoms with Crippen molar-refractivity contribution in [3.8, 4) is 0 Å². The topological polar surface area (TPSA) is 36.4 Å². The summed E-state index contributed by atoms with van der Waals surface area (Å²) in [4.78, 5) is 6.51. The van der Waals surface area contributed by atoms with Gasteiger partial charge in [0.05, 0.1) is 11.1 Å². The molecule has 1 aliphatic heterocycles. The predicted molar refractivity (Wildman–Crippen MR) is 78.2 cm³/mol. The van der Waals surface area contributed by atoms with Crippen molar-refractivity contribution in [3.63, 3.8) is 0 Å². The van der Waals surface area contributed by atoms with Gasteiger partial charge in [-0.05, 0) is 44.4 Å². The van der Waals surface area contributed by atoms with Crippen LogP contribution in [0.5, 0.6) is 0 Å². The lowest BCUT2D eigenvalue weighted by Crippen LogP contribution is -2.36. The number of hydrogen-bond acceptors (Lipinski definition) is 3. The van der Waals surface area contributed by atoms with E-state index >= 15 is 0 Å². The first-order valence-electron chi connectivity index (χ1n) is 7.17. The molecule has 1 aromatic rings. The van der Waals surface area contributed by atoms with Crippen LogP contribution >= 0.6 is 11.6 Å². The van der Waals surface area contributed by atoms with Crippen LogP contribution in [0.15, 0.2) is 18.5 Å². The Labute approximate surface area is 120 Å². The van der Waals surface area contributed by atoms with Crippen molar-refractivity contribution in [1.29, 1.82) is 0 Å². The molecule has 2 heterocycles. The molecule has 19 heavy (non-hydrogen) atoms. The summed E-state index contributed by atoms with van der Waals surface area (Å²) in [7, 11) is 0. The highest BCUT2D eigenvalue weighted by Crippen LogP contribution is 2.24. The van der Waals surface area contributed by atoms with Gasteiger partial charge in [-0.15, -0.1) is 0 Å². The third kappa shape index (κ3) is 4.44. The normalized spacial score (nSPS) is 23.0. The van der Waals surface area contributed by atoms with E-state index in [0.29, 0.717) is 6.04 Å². The Kier molecular flexibility index (Phi) is 5.61. The largest absolute Gasteiger partial charge is 0.393 e. The second kappa shape index (κ2) is 7.22. The molecule has 4 heteroatoms. The average molecular weight is 283 g/mol. The molecule has 0 bridgehead atoms. The van der Waals surface area contributed by atoms with Gasteiger partial charge in [-0.2, -0.15) is 0 Å². The smallest absolute Gasteiger partial charge is 0.0634 e. The zero-order valence-corrected chi connectivity index (χ0v) is 12.3. The molecule has 0 amide bonds. The maximum absolute atomic E-state index is 9.67. The second-order valence-electron chi connectivity index (χ2n) is 5.53. The number of aliphatic hydroxyl groups excluding tert-OH is 1. The Bertz CT molecular complexity index is 397. The SMILES string of the molecule is CC(O)CC1CCCCCN1Cc1ccncc1Cl. The highest BCUT2D eigenvalue weighted by molar-refractivity contribution is 6.31. The van der Waals surface area contributed by atoms with E-state index in [1.165, 1.54) is 25.7 Å². The van der Waals surface area contributed by atoms with Gasteiger partial charge in [0, 0.05) is 25.0 Å². The molecule has 1 aromatic heterocycles. The fourth-order valence-electron chi connectivity index (χ4n) is 2.86. The molecular weight excluding hydrogens is 260 g/mol. The summed E-state index contributed by atoms with van der Waals surface area (Å²) >= 11 is 6.20. The summed E-state index contributed by atoms with van der Waals surface area (Å²) in [6.45, 7) is 3.83. The van der Waals surface area contributed by atoms with Gasteiger partial charge in [-0.1, -0.05) is 24.4 Å². The first kappa shape index (κ1) is 14.8. The molecule has 0 aromatic carbocycles. The minimum atomic E-state index is -0.237. The molecular formula is C15H23ClN2O. The summed E-state index contributed by atoms with van der Waals surface area (Å²) in [6.07, 6.45) is 9.07. The maximum atomic E-state index is 9.67. The van der Waals surface area contributed by atoms with Gasteiger partial charge in [-0.3, -0.25) is 9.88 Å². The molecule has 1 aliphatic rings. The second-order valence-corrected chi connectivity index (χ2v) is 5.93. The minimum Gasteiger partial charge on any atom is -0.393 e. The highest BCUT2D eigenvalue weighted by Gasteiger charge is 2.22. The number of nitrogens with zero attached hydrogens (tertiary/aromatic N) is 2.